The van der Waals surface area contributed by atoms with Crippen LogP contribution in [0.3, 0.4) is 0 Å². The fraction of sp³-hybridized carbons (Fsp3) is 0.455. The molecule has 2 rings (SSSR count). The molecule has 0 bridgehead atoms. The SMILES string of the molecule is O=C(C(F)F)N(Cc1ccncc1)C1CC1. The molecule has 0 N–H and O–H groups in total. The number of rotatable bonds is 4. The van der Waals surface area contributed by atoms with E-state index in [2.05, 4.69) is 4.98 Å². The van der Waals surface area contributed by atoms with Crippen molar-refractivity contribution in [1.82, 2.24) is 9.88 Å². The number of carbonyl (C=O) groups excluding carboxylic acids is 1. The molecule has 0 spiro atoms. The first-order valence-corrected chi connectivity index (χ1v) is 5.16. The molecule has 1 saturated carbocycles. The number of hydrogen-bond donors (Lipinski definition) is 0. The van der Waals surface area contributed by atoms with Gasteiger partial charge in [-0.05, 0) is 30.5 Å². The number of pyridine rings is 1. The molecule has 1 aromatic heterocycles. The Hall–Kier alpha value is -1.52. The molecule has 5 heteroatoms. The van der Waals surface area contributed by atoms with Crippen LogP contribution in [0.2, 0.25) is 0 Å². The van der Waals surface area contributed by atoms with Crippen LogP contribution in [-0.4, -0.2) is 28.3 Å². The maximum absolute atomic E-state index is 12.4. The molecule has 1 heterocycles. The highest BCUT2D eigenvalue weighted by Crippen LogP contribution is 2.29. The van der Waals surface area contributed by atoms with E-state index in [0.717, 1.165) is 18.4 Å². The van der Waals surface area contributed by atoms with Gasteiger partial charge in [-0.15, -0.1) is 0 Å². The fourth-order valence-corrected chi connectivity index (χ4v) is 1.58. The second-order valence-corrected chi connectivity index (χ2v) is 3.85. The standard InChI is InChI=1S/C11H12F2N2O/c12-10(13)11(16)15(9-1-2-9)7-8-3-5-14-6-4-8/h3-6,9-10H,1-2,7H2. The van der Waals surface area contributed by atoms with Crippen molar-refractivity contribution in [1.29, 1.82) is 0 Å². The minimum Gasteiger partial charge on any atom is -0.330 e. The molecule has 0 unspecified atom stereocenters. The minimum absolute atomic E-state index is 0.00494. The summed E-state index contributed by atoms with van der Waals surface area (Å²) in [6.07, 6.45) is 1.91. The van der Waals surface area contributed by atoms with E-state index in [-0.39, 0.29) is 12.6 Å². The Morgan fingerprint density at radius 3 is 2.56 bits per heavy atom. The number of carbonyl (C=O) groups is 1. The molecular weight excluding hydrogens is 214 g/mol. The fourth-order valence-electron chi connectivity index (χ4n) is 1.58. The average Bonchev–Trinajstić information content (AvgIpc) is 3.10. The normalized spacial score (nSPS) is 15.2. The second-order valence-electron chi connectivity index (χ2n) is 3.85. The number of nitrogens with zero attached hydrogens (tertiary/aromatic N) is 2. The van der Waals surface area contributed by atoms with Crippen LogP contribution in [0.4, 0.5) is 8.78 Å². The van der Waals surface area contributed by atoms with Crippen molar-refractivity contribution in [3.63, 3.8) is 0 Å². The summed E-state index contributed by atoms with van der Waals surface area (Å²) in [5, 5.41) is 0. The molecule has 0 aromatic carbocycles. The molecule has 1 aliphatic carbocycles. The topological polar surface area (TPSA) is 33.2 Å². The highest BCUT2D eigenvalue weighted by Gasteiger charge is 2.35. The first-order valence-electron chi connectivity index (χ1n) is 5.16. The summed E-state index contributed by atoms with van der Waals surface area (Å²) in [6.45, 7) is 0.246. The molecule has 0 aliphatic heterocycles. The molecule has 16 heavy (non-hydrogen) atoms. The van der Waals surface area contributed by atoms with Gasteiger partial charge in [0.25, 0.3) is 5.91 Å². The van der Waals surface area contributed by atoms with Gasteiger partial charge in [0.05, 0.1) is 0 Å². The lowest BCUT2D eigenvalue weighted by Crippen LogP contribution is -2.36. The predicted molar refractivity (Wildman–Crippen MR) is 53.8 cm³/mol. The van der Waals surface area contributed by atoms with E-state index >= 15 is 0 Å². The van der Waals surface area contributed by atoms with E-state index in [1.165, 1.54) is 4.90 Å². The summed E-state index contributed by atoms with van der Waals surface area (Å²) < 4.78 is 24.7. The van der Waals surface area contributed by atoms with Crippen LogP contribution in [0.15, 0.2) is 24.5 Å². The van der Waals surface area contributed by atoms with Crippen molar-refractivity contribution in [3.05, 3.63) is 30.1 Å². The third-order valence-corrected chi connectivity index (χ3v) is 2.56. The molecule has 0 radical (unpaired) electrons. The van der Waals surface area contributed by atoms with Crippen molar-refractivity contribution < 1.29 is 13.6 Å². The molecule has 0 atom stereocenters. The first kappa shape index (κ1) is 11.0. The number of aromatic nitrogens is 1. The molecule has 1 fully saturated rings. The maximum Gasteiger partial charge on any atom is 0.315 e. The van der Waals surface area contributed by atoms with E-state index in [0.29, 0.717) is 0 Å². The molecule has 0 saturated heterocycles. The lowest BCUT2D eigenvalue weighted by molar-refractivity contribution is -0.144. The Kier molecular flexibility index (Phi) is 3.12. The van der Waals surface area contributed by atoms with Gasteiger partial charge in [-0.1, -0.05) is 0 Å². The monoisotopic (exact) mass is 226 g/mol. The Morgan fingerprint density at radius 1 is 1.44 bits per heavy atom. The number of alkyl halides is 2. The van der Waals surface area contributed by atoms with Crippen molar-refractivity contribution in [3.8, 4) is 0 Å². The molecular formula is C11H12F2N2O. The molecule has 1 amide bonds. The largest absolute Gasteiger partial charge is 0.330 e. The summed E-state index contributed by atoms with van der Waals surface area (Å²) in [7, 11) is 0. The van der Waals surface area contributed by atoms with Gasteiger partial charge >= 0.3 is 6.43 Å². The zero-order valence-electron chi connectivity index (χ0n) is 8.64. The minimum atomic E-state index is -2.91. The van der Waals surface area contributed by atoms with Gasteiger partial charge in [-0.2, -0.15) is 8.78 Å². The Labute approximate surface area is 92.1 Å². The Balaban J connectivity index is 2.06. The third kappa shape index (κ3) is 2.53. The maximum atomic E-state index is 12.4. The Morgan fingerprint density at radius 2 is 2.06 bits per heavy atom. The van der Waals surface area contributed by atoms with Gasteiger partial charge in [0.2, 0.25) is 0 Å². The van der Waals surface area contributed by atoms with Crippen LogP contribution in [0.5, 0.6) is 0 Å². The summed E-state index contributed by atoms with van der Waals surface area (Å²) in [5.41, 5.74) is 0.830. The van der Waals surface area contributed by atoms with Gasteiger partial charge in [-0.3, -0.25) is 9.78 Å². The highest BCUT2D eigenvalue weighted by atomic mass is 19.3. The van der Waals surface area contributed by atoms with Gasteiger partial charge in [0.1, 0.15) is 0 Å². The average molecular weight is 226 g/mol. The van der Waals surface area contributed by atoms with Crippen molar-refractivity contribution in [2.45, 2.75) is 31.9 Å². The lowest BCUT2D eigenvalue weighted by atomic mass is 10.2. The van der Waals surface area contributed by atoms with Crippen molar-refractivity contribution in [2.75, 3.05) is 0 Å². The highest BCUT2D eigenvalue weighted by molar-refractivity contribution is 5.80. The van der Waals surface area contributed by atoms with Crippen LogP contribution >= 0.6 is 0 Å². The van der Waals surface area contributed by atoms with E-state index in [1.54, 1.807) is 24.5 Å². The number of hydrogen-bond acceptors (Lipinski definition) is 2. The van der Waals surface area contributed by atoms with Gasteiger partial charge in [0, 0.05) is 25.0 Å². The van der Waals surface area contributed by atoms with E-state index in [1.807, 2.05) is 0 Å². The lowest BCUT2D eigenvalue weighted by Gasteiger charge is -2.21. The zero-order chi connectivity index (χ0) is 11.5. The van der Waals surface area contributed by atoms with Gasteiger partial charge < -0.3 is 4.90 Å². The van der Waals surface area contributed by atoms with Crippen LogP contribution in [-0.2, 0) is 11.3 Å². The first-order chi connectivity index (χ1) is 7.68. The van der Waals surface area contributed by atoms with Crippen molar-refractivity contribution >= 4 is 5.91 Å². The Bertz CT molecular complexity index is 366. The number of amides is 1. The molecule has 86 valence electrons. The van der Waals surface area contributed by atoms with Gasteiger partial charge in [0.15, 0.2) is 0 Å². The zero-order valence-corrected chi connectivity index (χ0v) is 8.64. The van der Waals surface area contributed by atoms with Gasteiger partial charge in [-0.25, -0.2) is 0 Å². The summed E-state index contributed by atoms with van der Waals surface area (Å²) in [4.78, 5) is 16.4. The second kappa shape index (κ2) is 4.55. The van der Waals surface area contributed by atoms with E-state index < -0.39 is 12.3 Å². The van der Waals surface area contributed by atoms with Crippen LogP contribution in [0.25, 0.3) is 0 Å². The predicted octanol–water partition coefficient (Wildman–Crippen LogP) is 1.84. The molecule has 1 aromatic rings. The van der Waals surface area contributed by atoms with Crippen LogP contribution in [0.1, 0.15) is 18.4 Å². The van der Waals surface area contributed by atoms with E-state index in [9.17, 15) is 13.6 Å². The van der Waals surface area contributed by atoms with Crippen LogP contribution < -0.4 is 0 Å². The van der Waals surface area contributed by atoms with E-state index in [4.69, 9.17) is 0 Å². The third-order valence-electron chi connectivity index (χ3n) is 2.56. The van der Waals surface area contributed by atoms with Crippen LogP contribution in [0, 0.1) is 0 Å². The van der Waals surface area contributed by atoms with Crippen molar-refractivity contribution in [2.24, 2.45) is 0 Å². The quantitative estimate of drug-likeness (QED) is 0.784. The number of halogens is 2. The smallest absolute Gasteiger partial charge is 0.315 e. The summed E-state index contributed by atoms with van der Waals surface area (Å²) in [6, 6.07) is 3.46. The summed E-state index contributed by atoms with van der Waals surface area (Å²) in [5.74, 6) is -1.07. The molecule has 3 nitrogen and oxygen atoms in total. The molecule has 1 aliphatic rings. The summed E-state index contributed by atoms with van der Waals surface area (Å²) >= 11 is 0.